The Morgan fingerprint density at radius 2 is 2.18 bits per heavy atom. The normalized spacial score (nSPS) is 10.9. The summed E-state index contributed by atoms with van der Waals surface area (Å²) in [5.41, 5.74) is 6.46. The molecule has 0 spiro atoms. The van der Waals surface area contributed by atoms with Crippen molar-refractivity contribution in [3.8, 4) is 5.75 Å². The fourth-order valence-electron chi connectivity index (χ4n) is 1.56. The number of rotatable bonds is 3. The van der Waals surface area contributed by atoms with E-state index in [4.69, 9.17) is 10.5 Å². The van der Waals surface area contributed by atoms with Gasteiger partial charge in [0.15, 0.2) is 0 Å². The molecule has 1 aromatic carbocycles. The van der Waals surface area contributed by atoms with Crippen LogP contribution in [0.5, 0.6) is 5.75 Å². The maximum absolute atomic E-state index is 10.6. The average Bonchev–Trinajstić information content (AvgIpc) is 2.35. The number of hydrogen-bond donors (Lipinski definition) is 1. The van der Waals surface area contributed by atoms with Gasteiger partial charge >= 0.3 is 0 Å². The second-order valence-corrected chi connectivity index (χ2v) is 3.50. The van der Waals surface area contributed by atoms with E-state index in [1.54, 1.807) is 13.2 Å². The summed E-state index contributed by atoms with van der Waals surface area (Å²) in [5, 5.41) is 0.987. The van der Waals surface area contributed by atoms with E-state index >= 15 is 0 Å². The zero-order valence-electron chi connectivity index (χ0n) is 9.38. The average molecular weight is 228 g/mol. The highest BCUT2D eigenvalue weighted by molar-refractivity contribution is 5.91. The Kier molecular flexibility index (Phi) is 3.05. The molecule has 0 atom stereocenters. The minimum absolute atomic E-state index is 0.494. The van der Waals surface area contributed by atoms with Gasteiger partial charge in [0.2, 0.25) is 5.91 Å². The third kappa shape index (κ3) is 2.42. The van der Waals surface area contributed by atoms with Crippen LogP contribution in [0.1, 0.15) is 5.69 Å². The minimum Gasteiger partial charge on any atom is -0.494 e. The van der Waals surface area contributed by atoms with Crippen LogP contribution in [-0.4, -0.2) is 18.0 Å². The van der Waals surface area contributed by atoms with Gasteiger partial charge in [-0.15, -0.1) is 0 Å². The zero-order valence-corrected chi connectivity index (χ0v) is 9.38. The fraction of sp³-hybridized carbons (Fsp3) is 0.0769. The minimum atomic E-state index is -0.494. The second kappa shape index (κ2) is 4.65. The van der Waals surface area contributed by atoms with Gasteiger partial charge < -0.3 is 10.5 Å². The lowest BCUT2D eigenvalue weighted by molar-refractivity contribution is -0.113. The number of amides is 1. The topological polar surface area (TPSA) is 65.2 Å². The number of nitrogens with two attached hydrogens (primary N) is 1. The van der Waals surface area contributed by atoms with E-state index in [2.05, 4.69) is 4.98 Å². The first-order chi connectivity index (χ1) is 8.20. The highest BCUT2D eigenvalue weighted by atomic mass is 16.5. The Hall–Kier alpha value is -2.36. The molecular weight excluding hydrogens is 216 g/mol. The largest absolute Gasteiger partial charge is 0.494 e. The van der Waals surface area contributed by atoms with Crippen molar-refractivity contribution in [1.82, 2.24) is 4.98 Å². The van der Waals surface area contributed by atoms with Crippen LogP contribution in [0.25, 0.3) is 17.0 Å². The van der Waals surface area contributed by atoms with Crippen molar-refractivity contribution in [2.75, 3.05) is 7.11 Å². The molecular formula is C13H12N2O2. The van der Waals surface area contributed by atoms with E-state index < -0.39 is 5.91 Å². The number of carbonyl (C=O) groups is 1. The SMILES string of the molecule is COc1cccc2ccc(C=CC(N)=O)nc12. The summed E-state index contributed by atoms with van der Waals surface area (Å²) in [6, 6.07) is 9.44. The van der Waals surface area contributed by atoms with Crippen LogP contribution in [0.4, 0.5) is 0 Å². The van der Waals surface area contributed by atoms with Crippen LogP contribution < -0.4 is 10.5 Å². The summed E-state index contributed by atoms with van der Waals surface area (Å²) < 4.78 is 5.23. The van der Waals surface area contributed by atoms with Crippen molar-refractivity contribution < 1.29 is 9.53 Å². The van der Waals surface area contributed by atoms with Crippen LogP contribution in [0.2, 0.25) is 0 Å². The Morgan fingerprint density at radius 3 is 2.88 bits per heavy atom. The van der Waals surface area contributed by atoms with Crippen LogP contribution in [0.15, 0.2) is 36.4 Å². The molecule has 17 heavy (non-hydrogen) atoms. The smallest absolute Gasteiger partial charge is 0.241 e. The number of benzene rings is 1. The number of pyridine rings is 1. The third-order valence-electron chi connectivity index (χ3n) is 2.34. The van der Waals surface area contributed by atoms with Crippen LogP contribution in [-0.2, 0) is 4.79 Å². The Bertz CT molecular complexity index is 591. The monoisotopic (exact) mass is 228 g/mol. The first kappa shape index (κ1) is 11.1. The van der Waals surface area contributed by atoms with Gasteiger partial charge in [-0.25, -0.2) is 4.98 Å². The van der Waals surface area contributed by atoms with Gasteiger partial charge in [-0.05, 0) is 18.2 Å². The molecule has 0 fully saturated rings. The number of hydrogen-bond acceptors (Lipinski definition) is 3. The molecule has 0 aliphatic rings. The Balaban J connectivity index is 2.52. The second-order valence-electron chi connectivity index (χ2n) is 3.50. The first-order valence-corrected chi connectivity index (χ1v) is 5.12. The lowest BCUT2D eigenvalue weighted by Gasteiger charge is -2.04. The van der Waals surface area contributed by atoms with Gasteiger partial charge in [-0.3, -0.25) is 4.79 Å². The number of ether oxygens (including phenoxy) is 1. The maximum atomic E-state index is 10.6. The van der Waals surface area contributed by atoms with Crippen molar-refractivity contribution in [3.63, 3.8) is 0 Å². The summed E-state index contributed by atoms with van der Waals surface area (Å²) in [4.78, 5) is 15.0. The molecule has 1 aromatic heterocycles. The summed E-state index contributed by atoms with van der Waals surface area (Å²) in [5.74, 6) is 0.212. The first-order valence-electron chi connectivity index (χ1n) is 5.12. The molecule has 2 aromatic rings. The van der Waals surface area contributed by atoms with E-state index in [1.807, 2.05) is 30.3 Å². The molecule has 0 saturated carbocycles. The van der Waals surface area contributed by atoms with Crippen molar-refractivity contribution in [1.29, 1.82) is 0 Å². The molecule has 0 radical (unpaired) electrons. The highest BCUT2D eigenvalue weighted by Gasteiger charge is 2.02. The molecule has 2 rings (SSSR count). The molecule has 1 heterocycles. The van der Waals surface area contributed by atoms with Crippen LogP contribution >= 0.6 is 0 Å². The van der Waals surface area contributed by atoms with Crippen LogP contribution in [0, 0.1) is 0 Å². The molecule has 0 aliphatic heterocycles. The maximum Gasteiger partial charge on any atom is 0.241 e. The van der Waals surface area contributed by atoms with Gasteiger partial charge in [-0.1, -0.05) is 18.2 Å². The lowest BCUT2D eigenvalue weighted by Crippen LogP contribution is -2.05. The number of nitrogens with zero attached hydrogens (tertiary/aromatic N) is 1. The fourth-order valence-corrected chi connectivity index (χ4v) is 1.56. The molecule has 1 amide bonds. The number of aromatic nitrogens is 1. The van der Waals surface area contributed by atoms with E-state index in [0.29, 0.717) is 11.4 Å². The summed E-state index contributed by atoms with van der Waals surface area (Å²) in [6.07, 6.45) is 2.86. The summed E-state index contributed by atoms with van der Waals surface area (Å²) in [6.45, 7) is 0. The molecule has 0 saturated heterocycles. The van der Waals surface area contributed by atoms with Gasteiger partial charge in [0, 0.05) is 11.5 Å². The number of para-hydroxylation sites is 1. The molecule has 2 N–H and O–H groups in total. The number of fused-ring (bicyclic) bond motifs is 1. The van der Waals surface area contributed by atoms with E-state index in [0.717, 1.165) is 10.9 Å². The van der Waals surface area contributed by atoms with E-state index in [1.165, 1.54) is 6.08 Å². The molecule has 0 bridgehead atoms. The van der Waals surface area contributed by atoms with Crippen molar-refractivity contribution in [3.05, 3.63) is 42.1 Å². The highest BCUT2D eigenvalue weighted by Crippen LogP contribution is 2.23. The predicted molar refractivity (Wildman–Crippen MR) is 66.5 cm³/mol. The quantitative estimate of drug-likeness (QED) is 0.814. The standard InChI is InChI=1S/C13H12N2O2/c1-17-11-4-2-3-9-5-6-10(15-13(9)11)7-8-12(14)16/h2-8H,1H3,(H2,14,16). The summed E-state index contributed by atoms with van der Waals surface area (Å²) in [7, 11) is 1.60. The molecule has 0 unspecified atom stereocenters. The molecule has 4 nitrogen and oxygen atoms in total. The van der Waals surface area contributed by atoms with Gasteiger partial charge in [-0.2, -0.15) is 0 Å². The predicted octanol–water partition coefficient (Wildman–Crippen LogP) is 1.74. The van der Waals surface area contributed by atoms with Crippen LogP contribution in [0.3, 0.4) is 0 Å². The van der Waals surface area contributed by atoms with Crippen molar-refractivity contribution in [2.24, 2.45) is 5.73 Å². The third-order valence-corrected chi connectivity index (χ3v) is 2.34. The van der Waals surface area contributed by atoms with Crippen molar-refractivity contribution in [2.45, 2.75) is 0 Å². The molecule has 86 valence electrons. The Morgan fingerprint density at radius 1 is 1.35 bits per heavy atom. The van der Waals surface area contributed by atoms with Gasteiger partial charge in [0.1, 0.15) is 11.3 Å². The number of primary amides is 1. The van der Waals surface area contributed by atoms with Gasteiger partial charge in [0.25, 0.3) is 0 Å². The zero-order chi connectivity index (χ0) is 12.3. The number of carbonyl (C=O) groups excluding carboxylic acids is 1. The van der Waals surface area contributed by atoms with E-state index in [-0.39, 0.29) is 0 Å². The van der Waals surface area contributed by atoms with Crippen molar-refractivity contribution >= 4 is 22.9 Å². The van der Waals surface area contributed by atoms with E-state index in [9.17, 15) is 4.79 Å². The number of methoxy groups -OCH3 is 1. The molecule has 0 aliphatic carbocycles. The summed E-state index contributed by atoms with van der Waals surface area (Å²) >= 11 is 0. The molecule has 4 heteroatoms. The Labute approximate surface area is 98.7 Å². The van der Waals surface area contributed by atoms with Gasteiger partial charge in [0.05, 0.1) is 12.8 Å². The lowest BCUT2D eigenvalue weighted by atomic mass is 10.2.